The maximum atomic E-state index is 12.2. The molecule has 2 aromatic carbocycles. The van der Waals surface area contributed by atoms with E-state index in [1.807, 2.05) is 6.07 Å². The standard InChI is InChI=1S/C18H13BrO4/c1-10(20)17-11(2)22-16-7-6-14(9-15(16)17)23-18(21)12-4-3-5-13(19)8-12/h3-9H,1-2H3. The number of carbonyl (C=O) groups is 2. The van der Waals surface area contributed by atoms with Crippen molar-refractivity contribution >= 4 is 38.7 Å². The minimum Gasteiger partial charge on any atom is -0.461 e. The van der Waals surface area contributed by atoms with E-state index in [4.69, 9.17) is 9.15 Å². The van der Waals surface area contributed by atoms with Crippen LogP contribution in [0.5, 0.6) is 5.75 Å². The van der Waals surface area contributed by atoms with Crippen LogP contribution in [0.4, 0.5) is 0 Å². The Morgan fingerprint density at radius 3 is 2.61 bits per heavy atom. The first-order valence-corrected chi connectivity index (χ1v) is 7.77. The van der Waals surface area contributed by atoms with Crippen molar-refractivity contribution in [2.24, 2.45) is 0 Å². The van der Waals surface area contributed by atoms with Crippen molar-refractivity contribution in [1.82, 2.24) is 0 Å². The molecule has 0 atom stereocenters. The fourth-order valence-electron chi connectivity index (χ4n) is 2.48. The molecule has 0 aliphatic rings. The summed E-state index contributed by atoms with van der Waals surface area (Å²) in [5.74, 6) is 0.376. The third-order valence-corrected chi connectivity index (χ3v) is 3.95. The lowest BCUT2D eigenvalue weighted by atomic mass is 10.1. The zero-order valence-corrected chi connectivity index (χ0v) is 14.1. The lowest BCUT2D eigenvalue weighted by Crippen LogP contribution is -2.08. The van der Waals surface area contributed by atoms with Crippen LogP contribution in [0.3, 0.4) is 0 Å². The van der Waals surface area contributed by atoms with Gasteiger partial charge in [-0.2, -0.15) is 0 Å². The van der Waals surface area contributed by atoms with Gasteiger partial charge in [-0.15, -0.1) is 0 Å². The fraction of sp³-hybridized carbons (Fsp3) is 0.111. The summed E-state index contributed by atoms with van der Waals surface area (Å²) in [6, 6.07) is 11.9. The number of ether oxygens (including phenoxy) is 1. The summed E-state index contributed by atoms with van der Waals surface area (Å²) in [7, 11) is 0. The Balaban J connectivity index is 1.96. The van der Waals surface area contributed by atoms with E-state index in [2.05, 4.69) is 15.9 Å². The molecule has 0 unspecified atom stereocenters. The summed E-state index contributed by atoms with van der Waals surface area (Å²) in [4.78, 5) is 24.0. The number of carbonyl (C=O) groups excluding carboxylic acids is 2. The number of rotatable bonds is 3. The molecule has 0 N–H and O–H groups in total. The Morgan fingerprint density at radius 2 is 1.91 bits per heavy atom. The topological polar surface area (TPSA) is 56.5 Å². The van der Waals surface area contributed by atoms with Gasteiger partial charge in [-0.25, -0.2) is 4.79 Å². The van der Waals surface area contributed by atoms with Gasteiger partial charge in [-0.05, 0) is 50.2 Å². The van der Waals surface area contributed by atoms with Gasteiger partial charge in [0.2, 0.25) is 0 Å². The minimum atomic E-state index is -0.463. The van der Waals surface area contributed by atoms with Gasteiger partial charge < -0.3 is 9.15 Å². The first-order valence-electron chi connectivity index (χ1n) is 6.97. The Labute approximate surface area is 141 Å². The van der Waals surface area contributed by atoms with Crippen molar-refractivity contribution in [2.75, 3.05) is 0 Å². The van der Waals surface area contributed by atoms with Crippen LogP contribution in [0.15, 0.2) is 51.4 Å². The molecule has 0 amide bonds. The van der Waals surface area contributed by atoms with Crippen molar-refractivity contribution in [3.05, 3.63) is 63.8 Å². The Hall–Kier alpha value is -2.40. The highest BCUT2D eigenvalue weighted by Gasteiger charge is 2.16. The minimum absolute atomic E-state index is 0.0864. The first-order chi connectivity index (χ1) is 11.0. The van der Waals surface area contributed by atoms with Gasteiger partial charge in [-0.1, -0.05) is 22.0 Å². The average Bonchev–Trinajstić information content (AvgIpc) is 2.82. The number of hydrogen-bond acceptors (Lipinski definition) is 4. The van der Waals surface area contributed by atoms with Crippen molar-refractivity contribution in [2.45, 2.75) is 13.8 Å². The molecule has 5 heteroatoms. The van der Waals surface area contributed by atoms with E-state index in [-0.39, 0.29) is 5.78 Å². The Bertz CT molecular complexity index is 924. The molecule has 0 aliphatic heterocycles. The quantitative estimate of drug-likeness (QED) is 0.371. The van der Waals surface area contributed by atoms with E-state index in [0.717, 1.165) is 4.47 Å². The third-order valence-electron chi connectivity index (χ3n) is 3.46. The van der Waals surface area contributed by atoms with Crippen LogP contribution in [-0.2, 0) is 0 Å². The zero-order valence-electron chi connectivity index (χ0n) is 12.6. The Morgan fingerprint density at radius 1 is 1.13 bits per heavy atom. The van der Waals surface area contributed by atoms with Crippen LogP contribution in [0.1, 0.15) is 33.4 Å². The van der Waals surface area contributed by atoms with Gasteiger partial charge in [0.05, 0.1) is 11.1 Å². The highest BCUT2D eigenvalue weighted by molar-refractivity contribution is 9.10. The van der Waals surface area contributed by atoms with Crippen LogP contribution in [0.2, 0.25) is 0 Å². The summed E-state index contributed by atoms with van der Waals surface area (Å²) in [6.45, 7) is 3.22. The maximum absolute atomic E-state index is 12.2. The van der Waals surface area contributed by atoms with E-state index >= 15 is 0 Å². The predicted octanol–water partition coefficient (Wildman–Crippen LogP) is 4.93. The third kappa shape index (κ3) is 3.05. The Kier molecular flexibility index (Phi) is 4.05. The highest BCUT2D eigenvalue weighted by Crippen LogP contribution is 2.29. The number of halogens is 1. The summed E-state index contributed by atoms with van der Waals surface area (Å²) in [6.07, 6.45) is 0. The lowest BCUT2D eigenvalue weighted by Gasteiger charge is -2.05. The molecule has 0 bridgehead atoms. The van der Waals surface area contributed by atoms with E-state index in [1.54, 1.807) is 43.3 Å². The molecule has 0 aliphatic carbocycles. The summed E-state index contributed by atoms with van der Waals surface area (Å²) in [5, 5.41) is 0.648. The van der Waals surface area contributed by atoms with Gasteiger partial charge in [0, 0.05) is 9.86 Å². The number of furan rings is 1. The molecular weight excluding hydrogens is 360 g/mol. The average molecular weight is 373 g/mol. The van der Waals surface area contributed by atoms with E-state index < -0.39 is 5.97 Å². The van der Waals surface area contributed by atoms with Gasteiger partial charge in [0.1, 0.15) is 17.1 Å². The van der Waals surface area contributed by atoms with E-state index in [9.17, 15) is 9.59 Å². The lowest BCUT2D eigenvalue weighted by molar-refractivity contribution is 0.0734. The maximum Gasteiger partial charge on any atom is 0.343 e. The SMILES string of the molecule is CC(=O)c1c(C)oc2ccc(OC(=O)c3cccc(Br)c3)cc12. The number of aryl methyl sites for hydroxylation is 1. The van der Waals surface area contributed by atoms with Crippen LogP contribution < -0.4 is 4.74 Å². The normalized spacial score (nSPS) is 10.7. The molecule has 0 radical (unpaired) electrons. The molecule has 23 heavy (non-hydrogen) atoms. The van der Waals surface area contributed by atoms with Gasteiger partial charge in [0.15, 0.2) is 5.78 Å². The molecule has 1 heterocycles. The number of hydrogen-bond donors (Lipinski definition) is 0. The highest BCUT2D eigenvalue weighted by atomic mass is 79.9. The molecule has 3 rings (SSSR count). The molecule has 3 aromatic rings. The number of ketones is 1. The second-order valence-electron chi connectivity index (χ2n) is 5.15. The largest absolute Gasteiger partial charge is 0.461 e. The summed E-state index contributed by atoms with van der Waals surface area (Å²) in [5.41, 5.74) is 1.55. The van der Waals surface area contributed by atoms with Crippen LogP contribution in [0, 0.1) is 6.92 Å². The molecule has 1 aromatic heterocycles. The van der Waals surface area contributed by atoms with E-state index in [1.165, 1.54) is 6.92 Å². The second kappa shape index (κ2) is 6.01. The molecule has 0 saturated carbocycles. The van der Waals surface area contributed by atoms with Crippen molar-refractivity contribution in [3.8, 4) is 5.75 Å². The number of fused-ring (bicyclic) bond motifs is 1. The second-order valence-corrected chi connectivity index (χ2v) is 6.06. The summed E-state index contributed by atoms with van der Waals surface area (Å²) >= 11 is 3.32. The van der Waals surface area contributed by atoms with E-state index in [0.29, 0.717) is 33.6 Å². The molecule has 116 valence electrons. The number of benzene rings is 2. The van der Waals surface area contributed by atoms with Crippen molar-refractivity contribution in [1.29, 1.82) is 0 Å². The molecule has 0 spiro atoms. The molecule has 0 saturated heterocycles. The van der Waals surface area contributed by atoms with Crippen LogP contribution in [-0.4, -0.2) is 11.8 Å². The number of Topliss-reactive ketones (excluding diaryl/α,β-unsaturated/α-hetero) is 1. The molecule has 0 fully saturated rings. The van der Waals surface area contributed by atoms with Crippen LogP contribution >= 0.6 is 15.9 Å². The number of esters is 1. The summed E-state index contributed by atoms with van der Waals surface area (Å²) < 4.78 is 11.7. The smallest absolute Gasteiger partial charge is 0.343 e. The van der Waals surface area contributed by atoms with Crippen molar-refractivity contribution < 1.29 is 18.7 Å². The monoisotopic (exact) mass is 372 g/mol. The van der Waals surface area contributed by atoms with Crippen LogP contribution in [0.25, 0.3) is 11.0 Å². The van der Waals surface area contributed by atoms with Crippen molar-refractivity contribution in [3.63, 3.8) is 0 Å². The zero-order chi connectivity index (χ0) is 16.6. The first kappa shape index (κ1) is 15.5. The van der Waals surface area contributed by atoms with Gasteiger partial charge >= 0.3 is 5.97 Å². The molecular formula is C18H13BrO4. The van der Waals surface area contributed by atoms with Gasteiger partial charge in [-0.3, -0.25) is 4.79 Å². The predicted molar refractivity (Wildman–Crippen MR) is 90.1 cm³/mol. The fourth-order valence-corrected chi connectivity index (χ4v) is 2.88. The van der Waals surface area contributed by atoms with Gasteiger partial charge in [0.25, 0.3) is 0 Å². The molecule has 4 nitrogen and oxygen atoms in total.